The molecule has 0 bridgehead atoms. The summed E-state index contributed by atoms with van der Waals surface area (Å²) in [7, 11) is 1.59. The van der Waals surface area contributed by atoms with E-state index in [2.05, 4.69) is 4.98 Å². The molecule has 0 saturated carbocycles. The van der Waals surface area contributed by atoms with E-state index in [4.69, 9.17) is 4.74 Å². The van der Waals surface area contributed by atoms with E-state index in [9.17, 15) is 19.8 Å². The van der Waals surface area contributed by atoms with Crippen LogP contribution in [0, 0.1) is 5.41 Å². The molecule has 9 heteroatoms. The lowest BCUT2D eigenvalue weighted by Crippen LogP contribution is -2.59. The van der Waals surface area contributed by atoms with E-state index in [1.165, 1.54) is 15.8 Å². The fourth-order valence-electron chi connectivity index (χ4n) is 3.83. The smallest absolute Gasteiger partial charge is 0.407 e. The zero-order valence-electron chi connectivity index (χ0n) is 18.4. The molecule has 1 fully saturated rings. The van der Waals surface area contributed by atoms with Crippen LogP contribution in [-0.4, -0.2) is 68.4 Å². The molecule has 1 aliphatic rings. The van der Waals surface area contributed by atoms with Crippen molar-refractivity contribution < 1.29 is 19.7 Å². The van der Waals surface area contributed by atoms with Crippen molar-refractivity contribution in [2.45, 2.75) is 39.9 Å². The third-order valence-corrected chi connectivity index (χ3v) is 5.68. The molecule has 1 atom stereocenters. The maximum atomic E-state index is 12.7. The van der Waals surface area contributed by atoms with E-state index in [0.717, 1.165) is 11.3 Å². The van der Waals surface area contributed by atoms with Gasteiger partial charge in [-0.15, -0.1) is 0 Å². The Labute approximate surface area is 181 Å². The summed E-state index contributed by atoms with van der Waals surface area (Å²) in [5.41, 5.74) is 0.438. The fraction of sp³-hybridized carbons (Fsp3) is 0.500. The van der Waals surface area contributed by atoms with Gasteiger partial charge in [0, 0.05) is 26.2 Å². The van der Waals surface area contributed by atoms with Crippen molar-refractivity contribution in [2.75, 3.05) is 26.7 Å². The maximum Gasteiger partial charge on any atom is 0.407 e. The van der Waals surface area contributed by atoms with Gasteiger partial charge in [-0.25, -0.2) is 9.78 Å². The van der Waals surface area contributed by atoms with Crippen LogP contribution in [0.3, 0.4) is 0 Å². The van der Waals surface area contributed by atoms with E-state index < -0.39 is 11.7 Å². The number of aromatic nitrogens is 2. The molecule has 1 saturated heterocycles. The van der Waals surface area contributed by atoms with Crippen molar-refractivity contribution in [2.24, 2.45) is 5.41 Å². The molecule has 2 N–H and O–H groups in total. The molecular weight excluding hydrogens is 400 g/mol. The minimum atomic E-state index is -0.929. The second-order valence-corrected chi connectivity index (χ2v) is 8.91. The maximum absolute atomic E-state index is 12.7. The number of piperazine rings is 1. The van der Waals surface area contributed by atoms with Gasteiger partial charge in [0.05, 0.1) is 26.0 Å². The van der Waals surface area contributed by atoms with Crippen molar-refractivity contribution in [3.63, 3.8) is 0 Å². The molecule has 3 rings (SSSR count). The van der Waals surface area contributed by atoms with Crippen molar-refractivity contribution in [3.05, 3.63) is 52.2 Å². The van der Waals surface area contributed by atoms with Crippen molar-refractivity contribution in [1.29, 1.82) is 0 Å². The Morgan fingerprint density at radius 3 is 2.45 bits per heavy atom. The highest BCUT2D eigenvalue weighted by atomic mass is 16.5. The number of hydrogen-bond donors (Lipinski definition) is 2. The SMILES string of the molecule is COc1ccc(Cn2cnc(CN3CCN(C(=O)O)C(C(C)(C)C)C3)c(O)c2=O)cc1. The van der Waals surface area contributed by atoms with Gasteiger partial charge in [0.1, 0.15) is 11.4 Å². The van der Waals surface area contributed by atoms with Gasteiger partial charge in [-0.05, 0) is 23.1 Å². The van der Waals surface area contributed by atoms with E-state index >= 15 is 0 Å². The van der Waals surface area contributed by atoms with Crippen molar-refractivity contribution in [1.82, 2.24) is 19.4 Å². The standard InChI is InChI=1S/C22H30N4O5/c1-22(2,3)18-13-24(9-10-26(18)21(29)30)12-17-19(27)20(28)25(14-23-17)11-15-5-7-16(31-4)8-6-15/h5-8,14,18,27H,9-13H2,1-4H3,(H,29,30). The van der Waals surface area contributed by atoms with Gasteiger partial charge in [0.15, 0.2) is 0 Å². The lowest BCUT2D eigenvalue weighted by Gasteiger charge is -2.45. The monoisotopic (exact) mass is 430 g/mol. The molecule has 9 nitrogen and oxygen atoms in total. The predicted octanol–water partition coefficient (Wildman–Crippen LogP) is 2.22. The Morgan fingerprint density at radius 2 is 1.87 bits per heavy atom. The van der Waals surface area contributed by atoms with Gasteiger partial charge in [-0.2, -0.15) is 0 Å². The second-order valence-electron chi connectivity index (χ2n) is 8.91. The zero-order valence-corrected chi connectivity index (χ0v) is 18.4. The van der Waals surface area contributed by atoms with Crippen LogP contribution in [0.1, 0.15) is 32.0 Å². The molecule has 0 aliphatic carbocycles. The average molecular weight is 431 g/mol. The van der Waals surface area contributed by atoms with E-state index in [-0.39, 0.29) is 30.3 Å². The third-order valence-electron chi connectivity index (χ3n) is 5.68. The molecule has 1 unspecified atom stereocenters. The molecule has 2 aromatic rings. The average Bonchev–Trinajstić information content (AvgIpc) is 2.73. The largest absolute Gasteiger partial charge is 0.502 e. The molecule has 0 spiro atoms. The predicted molar refractivity (Wildman–Crippen MR) is 116 cm³/mol. The Kier molecular flexibility index (Phi) is 6.54. The van der Waals surface area contributed by atoms with Gasteiger partial charge in [0.25, 0.3) is 5.56 Å². The lowest BCUT2D eigenvalue weighted by atomic mass is 9.84. The molecule has 1 amide bonds. The molecule has 168 valence electrons. The van der Waals surface area contributed by atoms with Gasteiger partial charge in [-0.3, -0.25) is 14.3 Å². The molecule has 1 aliphatic heterocycles. The summed E-state index contributed by atoms with van der Waals surface area (Å²) in [6.45, 7) is 7.97. The number of methoxy groups -OCH3 is 1. The molecule has 1 aromatic heterocycles. The number of rotatable bonds is 5. The first-order valence-corrected chi connectivity index (χ1v) is 10.2. The zero-order chi connectivity index (χ0) is 22.8. The highest BCUT2D eigenvalue weighted by Gasteiger charge is 2.38. The summed E-state index contributed by atoms with van der Waals surface area (Å²) >= 11 is 0. The number of benzene rings is 1. The number of amides is 1. The highest BCUT2D eigenvalue weighted by molar-refractivity contribution is 5.65. The van der Waals surface area contributed by atoms with Crippen LogP contribution in [0.15, 0.2) is 35.4 Å². The van der Waals surface area contributed by atoms with Crippen molar-refractivity contribution in [3.8, 4) is 11.5 Å². The van der Waals surface area contributed by atoms with Crippen LogP contribution in [0.2, 0.25) is 0 Å². The van der Waals surface area contributed by atoms with Gasteiger partial charge in [-0.1, -0.05) is 32.9 Å². The van der Waals surface area contributed by atoms with Crippen LogP contribution in [0.5, 0.6) is 11.5 Å². The molecule has 1 aromatic carbocycles. The van der Waals surface area contributed by atoms with Gasteiger partial charge in [0.2, 0.25) is 5.75 Å². The summed E-state index contributed by atoms with van der Waals surface area (Å²) in [6, 6.07) is 7.13. The van der Waals surface area contributed by atoms with Crippen LogP contribution in [0.25, 0.3) is 0 Å². The number of hydrogen-bond acceptors (Lipinski definition) is 6. The number of nitrogens with zero attached hydrogens (tertiary/aromatic N) is 4. The minimum absolute atomic E-state index is 0.198. The lowest BCUT2D eigenvalue weighted by molar-refractivity contribution is 0.0183. The van der Waals surface area contributed by atoms with E-state index in [1.54, 1.807) is 7.11 Å². The van der Waals surface area contributed by atoms with Crippen LogP contribution < -0.4 is 10.3 Å². The van der Waals surface area contributed by atoms with Crippen LogP contribution in [0.4, 0.5) is 4.79 Å². The number of aromatic hydroxyl groups is 1. The Hall–Kier alpha value is -3.07. The summed E-state index contributed by atoms with van der Waals surface area (Å²) in [5, 5.41) is 20.0. The second kappa shape index (κ2) is 8.97. The van der Waals surface area contributed by atoms with E-state index in [0.29, 0.717) is 25.3 Å². The summed E-state index contributed by atoms with van der Waals surface area (Å²) in [5.74, 6) is 0.355. The first-order chi connectivity index (χ1) is 14.6. The molecule has 31 heavy (non-hydrogen) atoms. The Bertz CT molecular complexity index is 981. The Balaban J connectivity index is 1.74. The van der Waals surface area contributed by atoms with Crippen LogP contribution >= 0.6 is 0 Å². The number of carbonyl (C=O) groups is 1. The normalized spacial score (nSPS) is 17.5. The first-order valence-electron chi connectivity index (χ1n) is 10.2. The fourth-order valence-corrected chi connectivity index (χ4v) is 3.83. The minimum Gasteiger partial charge on any atom is -0.502 e. The highest BCUT2D eigenvalue weighted by Crippen LogP contribution is 2.28. The van der Waals surface area contributed by atoms with Gasteiger partial charge >= 0.3 is 6.09 Å². The molecule has 2 heterocycles. The summed E-state index contributed by atoms with van der Waals surface area (Å²) in [4.78, 5) is 32.1. The van der Waals surface area contributed by atoms with E-state index in [1.807, 2.05) is 49.9 Å². The first kappa shape index (κ1) is 22.6. The molecule has 0 radical (unpaired) electrons. The topological polar surface area (TPSA) is 108 Å². The third kappa shape index (κ3) is 5.16. The van der Waals surface area contributed by atoms with Crippen molar-refractivity contribution >= 4 is 6.09 Å². The summed E-state index contributed by atoms with van der Waals surface area (Å²) in [6.07, 6.45) is 0.512. The van der Waals surface area contributed by atoms with Gasteiger partial charge < -0.3 is 19.8 Å². The number of ether oxygens (including phenoxy) is 1. The Morgan fingerprint density at radius 1 is 1.19 bits per heavy atom. The number of carboxylic acid groups (broad SMARTS) is 1. The molecular formula is C22H30N4O5. The summed E-state index contributed by atoms with van der Waals surface area (Å²) < 4.78 is 6.50. The van der Waals surface area contributed by atoms with Crippen LogP contribution in [-0.2, 0) is 13.1 Å². The quantitative estimate of drug-likeness (QED) is 0.749.